The van der Waals surface area contributed by atoms with E-state index in [2.05, 4.69) is 10.4 Å². The maximum atomic E-state index is 13.8. The number of hydrogen-bond acceptors (Lipinski definition) is 2. The fraction of sp³-hybridized carbons (Fsp3) is 0.357. The molecule has 1 N–H and O–H groups in total. The van der Waals surface area contributed by atoms with Gasteiger partial charge in [0.2, 0.25) is 0 Å². The number of benzene rings is 1. The van der Waals surface area contributed by atoms with Gasteiger partial charge < -0.3 is 5.32 Å². The van der Waals surface area contributed by atoms with Gasteiger partial charge in [0.1, 0.15) is 5.82 Å². The maximum absolute atomic E-state index is 13.8. The Balaban J connectivity index is 2.26. The largest absolute Gasteiger partial charge is 0.313 e. The van der Waals surface area contributed by atoms with Crippen molar-refractivity contribution in [1.82, 2.24) is 15.1 Å². The maximum Gasteiger partial charge on any atom is 0.127 e. The summed E-state index contributed by atoms with van der Waals surface area (Å²) in [6.45, 7) is 2.00. The molecule has 0 bridgehead atoms. The molecule has 1 unspecified atom stereocenters. The van der Waals surface area contributed by atoms with Gasteiger partial charge in [-0.1, -0.05) is 17.7 Å². The molecule has 1 heterocycles. The van der Waals surface area contributed by atoms with E-state index in [0.29, 0.717) is 17.0 Å². The highest BCUT2D eigenvalue weighted by molar-refractivity contribution is 6.30. The average molecular weight is 282 g/mol. The van der Waals surface area contributed by atoms with Crippen LogP contribution in [0.1, 0.15) is 22.9 Å². The van der Waals surface area contributed by atoms with Gasteiger partial charge in [0, 0.05) is 29.4 Å². The summed E-state index contributed by atoms with van der Waals surface area (Å²) in [4.78, 5) is 0. The Labute approximate surface area is 117 Å². The molecule has 2 rings (SSSR count). The highest BCUT2D eigenvalue weighted by Crippen LogP contribution is 2.23. The van der Waals surface area contributed by atoms with E-state index in [4.69, 9.17) is 11.6 Å². The summed E-state index contributed by atoms with van der Waals surface area (Å²) in [5.41, 5.74) is 2.81. The van der Waals surface area contributed by atoms with E-state index >= 15 is 0 Å². The fourth-order valence-electron chi connectivity index (χ4n) is 2.13. The second kappa shape index (κ2) is 5.72. The number of likely N-dealkylation sites (N-methyl/N-ethyl adjacent to an activating group) is 1. The highest BCUT2D eigenvalue weighted by atomic mass is 35.5. The number of nitrogens with zero attached hydrogens (tertiary/aromatic N) is 2. The molecular weight excluding hydrogens is 265 g/mol. The molecule has 0 aliphatic heterocycles. The standard InChI is InChI=1S/C14H17ClFN3/c1-9-12(8-18-19(9)3)14(17-2)6-10-4-5-11(15)7-13(10)16/h4-5,7-8,14,17H,6H2,1-3H3. The molecule has 0 aliphatic rings. The summed E-state index contributed by atoms with van der Waals surface area (Å²) in [5.74, 6) is -0.269. The zero-order valence-electron chi connectivity index (χ0n) is 11.2. The van der Waals surface area contributed by atoms with Crippen LogP contribution >= 0.6 is 11.6 Å². The molecule has 3 nitrogen and oxygen atoms in total. The van der Waals surface area contributed by atoms with Crippen molar-refractivity contribution in [3.63, 3.8) is 0 Å². The van der Waals surface area contributed by atoms with Gasteiger partial charge in [-0.25, -0.2) is 4.39 Å². The van der Waals surface area contributed by atoms with Crippen molar-refractivity contribution in [3.05, 3.63) is 52.1 Å². The third-order valence-corrected chi connectivity index (χ3v) is 3.67. The first-order valence-corrected chi connectivity index (χ1v) is 6.50. The molecule has 0 amide bonds. The van der Waals surface area contributed by atoms with Gasteiger partial charge in [0.05, 0.1) is 6.20 Å². The van der Waals surface area contributed by atoms with Gasteiger partial charge in [-0.3, -0.25) is 4.68 Å². The van der Waals surface area contributed by atoms with Crippen LogP contribution in [0.4, 0.5) is 4.39 Å². The van der Waals surface area contributed by atoms with E-state index in [9.17, 15) is 4.39 Å². The summed E-state index contributed by atoms with van der Waals surface area (Å²) < 4.78 is 15.7. The summed E-state index contributed by atoms with van der Waals surface area (Å²) in [6, 6.07) is 4.82. The third-order valence-electron chi connectivity index (χ3n) is 3.44. The molecular formula is C14H17ClFN3. The molecule has 0 fully saturated rings. The van der Waals surface area contributed by atoms with E-state index in [1.54, 1.807) is 12.1 Å². The topological polar surface area (TPSA) is 29.9 Å². The number of aromatic nitrogens is 2. The van der Waals surface area contributed by atoms with Crippen LogP contribution in [0.25, 0.3) is 0 Å². The van der Waals surface area contributed by atoms with Crippen molar-refractivity contribution in [1.29, 1.82) is 0 Å². The lowest BCUT2D eigenvalue weighted by molar-refractivity contribution is 0.551. The monoisotopic (exact) mass is 281 g/mol. The molecule has 5 heteroatoms. The minimum Gasteiger partial charge on any atom is -0.313 e. The predicted octanol–water partition coefficient (Wildman–Crippen LogP) is 3.02. The lowest BCUT2D eigenvalue weighted by Crippen LogP contribution is -2.20. The summed E-state index contributed by atoms with van der Waals surface area (Å²) in [5, 5.41) is 7.85. The lowest BCUT2D eigenvalue weighted by atomic mass is 9.99. The molecule has 0 radical (unpaired) electrons. The van der Waals surface area contributed by atoms with Gasteiger partial charge in [-0.2, -0.15) is 5.10 Å². The Morgan fingerprint density at radius 2 is 2.21 bits per heavy atom. The van der Waals surface area contributed by atoms with Crippen molar-refractivity contribution in [2.24, 2.45) is 7.05 Å². The molecule has 102 valence electrons. The summed E-state index contributed by atoms with van der Waals surface area (Å²) in [6.07, 6.45) is 2.39. The Morgan fingerprint density at radius 1 is 1.47 bits per heavy atom. The predicted molar refractivity (Wildman–Crippen MR) is 74.9 cm³/mol. The number of aryl methyl sites for hydroxylation is 1. The minimum atomic E-state index is -0.269. The Kier molecular flexibility index (Phi) is 4.22. The quantitative estimate of drug-likeness (QED) is 0.934. The zero-order chi connectivity index (χ0) is 14.0. The van der Waals surface area contributed by atoms with E-state index in [1.807, 2.05) is 31.9 Å². The van der Waals surface area contributed by atoms with Crippen LogP contribution in [-0.2, 0) is 13.5 Å². The zero-order valence-corrected chi connectivity index (χ0v) is 12.0. The first-order valence-electron chi connectivity index (χ1n) is 6.12. The lowest BCUT2D eigenvalue weighted by Gasteiger charge is -2.16. The van der Waals surface area contributed by atoms with Gasteiger partial charge in [0.25, 0.3) is 0 Å². The van der Waals surface area contributed by atoms with Gasteiger partial charge in [-0.15, -0.1) is 0 Å². The molecule has 0 aliphatic carbocycles. The van der Waals surface area contributed by atoms with Crippen molar-refractivity contribution in [2.75, 3.05) is 7.05 Å². The molecule has 19 heavy (non-hydrogen) atoms. The molecule has 1 atom stereocenters. The summed E-state index contributed by atoms with van der Waals surface area (Å²) in [7, 11) is 3.76. The van der Waals surface area contributed by atoms with Gasteiger partial charge in [-0.05, 0) is 38.1 Å². The molecule has 1 aromatic heterocycles. The number of hydrogen-bond donors (Lipinski definition) is 1. The number of rotatable bonds is 4. The average Bonchev–Trinajstić information content (AvgIpc) is 2.70. The van der Waals surface area contributed by atoms with E-state index < -0.39 is 0 Å². The fourth-order valence-corrected chi connectivity index (χ4v) is 2.29. The summed E-state index contributed by atoms with van der Waals surface area (Å²) >= 11 is 5.76. The van der Waals surface area contributed by atoms with Crippen molar-refractivity contribution in [3.8, 4) is 0 Å². The van der Waals surface area contributed by atoms with Crippen LogP contribution in [0.15, 0.2) is 24.4 Å². The van der Waals surface area contributed by atoms with Crippen LogP contribution in [0, 0.1) is 12.7 Å². The van der Waals surface area contributed by atoms with Crippen molar-refractivity contribution < 1.29 is 4.39 Å². The second-order valence-electron chi connectivity index (χ2n) is 4.59. The van der Waals surface area contributed by atoms with Crippen molar-refractivity contribution in [2.45, 2.75) is 19.4 Å². The van der Waals surface area contributed by atoms with E-state index in [0.717, 1.165) is 11.3 Å². The smallest absolute Gasteiger partial charge is 0.127 e. The highest BCUT2D eigenvalue weighted by Gasteiger charge is 2.17. The van der Waals surface area contributed by atoms with E-state index in [1.165, 1.54) is 6.07 Å². The Bertz CT molecular complexity index is 580. The molecule has 2 aromatic rings. The first kappa shape index (κ1) is 14.0. The van der Waals surface area contributed by atoms with Gasteiger partial charge in [0.15, 0.2) is 0 Å². The Hall–Kier alpha value is -1.39. The SMILES string of the molecule is CNC(Cc1ccc(Cl)cc1F)c1cnn(C)c1C. The third kappa shape index (κ3) is 2.96. The minimum absolute atomic E-state index is 0.0318. The van der Waals surface area contributed by atoms with Crippen LogP contribution in [0.3, 0.4) is 0 Å². The van der Waals surface area contributed by atoms with Crippen LogP contribution in [-0.4, -0.2) is 16.8 Å². The first-order chi connectivity index (χ1) is 9.02. The second-order valence-corrected chi connectivity index (χ2v) is 5.03. The van der Waals surface area contributed by atoms with Crippen LogP contribution < -0.4 is 5.32 Å². The molecule has 1 aromatic carbocycles. The van der Waals surface area contributed by atoms with Crippen LogP contribution in [0.2, 0.25) is 5.02 Å². The van der Waals surface area contributed by atoms with Crippen LogP contribution in [0.5, 0.6) is 0 Å². The van der Waals surface area contributed by atoms with E-state index in [-0.39, 0.29) is 11.9 Å². The normalized spacial score (nSPS) is 12.7. The van der Waals surface area contributed by atoms with Crippen molar-refractivity contribution >= 4 is 11.6 Å². The number of halogens is 2. The van der Waals surface area contributed by atoms with Gasteiger partial charge >= 0.3 is 0 Å². The molecule has 0 spiro atoms. The Morgan fingerprint density at radius 3 is 2.74 bits per heavy atom. The molecule has 0 saturated carbocycles. The molecule has 0 saturated heterocycles. The number of nitrogens with one attached hydrogen (secondary N) is 1.